The third kappa shape index (κ3) is 5.25. The summed E-state index contributed by atoms with van der Waals surface area (Å²) in [4.78, 5) is 0. The summed E-state index contributed by atoms with van der Waals surface area (Å²) in [6.45, 7) is 0. The van der Waals surface area contributed by atoms with Crippen LogP contribution in [0.25, 0.3) is 99.1 Å². The minimum absolute atomic E-state index is 1.22. The van der Waals surface area contributed by atoms with Crippen LogP contribution in [0.2, 0.25) is 0 Å². The van der Waals surface area contributed by atoms with Crippen molar-refractivity contribution in [3.05, 3.63) is 206 Å². The molecule has 242 valence electrons. The van der Waals surface area contributed by atoms with Gasteiger partial charge in [-0.15, -0.1) is 0 Å². The van der Waals surface area contributed by atoms with Crippen LogP contribution in [-0.4, -0.2) is 0 Å². The van der Waals surface area contributed by atoms with Gasteiger partial charge in [-0.05, 0) is 135 Å². The fraction of sp³-hybridized carbons (Fsp3) is 0. The maximum Gasteiger partial charge on any atom is -0.00203 e. The van der Waals surface area contributed by atoms with Gasteiger partial charge in [-0.1, -0.05) is 170 Å². The van der Waals surface area contributed by atoms with Gasteiger partial charge in [-0.25, -0.2) is 0 Å². The molecule has 0 atom stereocenters. The fourth-order valence-corrected chi connectivity index (χ4v) is 8.06. The van der Waals surface area contributed by atoms with Crippen molar-refractivity contribution < 1.29 is 0 Å². The van der Waals surface area contributed by atoms with Gasteiger partial charge in [0.2, 0.25) is 0 Å². The average molecular weight is 659 g/mol. The zero-order valence-electron chi connectivity index (χ0n) is 28.6. The third-order valence-electron chi connectivity index (χ3n) is 10.6. The lowest BCUT2D eigenvalue weighted by molar-refractivity contribution is 1.57. The number of hydrogen-bond donors (Lipinski definition) is 0. The molecular weight excluding hydrogens is 625 g/mol. The summed E-state index contributed by atoms with van der Waals surface area (Å²) in [5.41, 5.74) is 14.7. The topological polar surface area (TPSA) is 0 Å². The molecule has 0 N–H and O–H groups in total. The molecule has 0 aliphatic heterocycles. The zero-order chi connectivity index (χ0) is 34.4. The lowest BCUT2D eigenvalue weighted by Crippen LogP contribution is -1.91. The minimum Gasteiger partial charge on any atom is -0.0622 e. The smallest absolute Gasteiger partial charge is 0.00203 e. The van der Waals surface area contributed by atoms with Crippen LogP contribution in [0.1, 0.15) is 0 Å². The molecule has 0 bridgehead atoms. The molecule has 10 aromatic carbocycles. The normalized spacial score (nSPS) is 11.5. The Morgan fingerprint density at radius 2 is 0.462 bits per heavy atom. The van der Waals surface area contributed by atoms with Gasteiger partial charge in [0, 0.05) is 0 Å². The Morgan fingerprint density at radius 3 is 0.769 bits per heavy atom. The van der Waals surface area contributed by atoms with Crippen molar-refractivity contribution in [1.82, 2.24) is 0 Å². The van der Waals surface area contributed by atoms with E-state index in [9.17, 15) is 0 Å². The number of rotatable bonds is 6. The van der Waals surface area contributed by atoms with Gasteiger partial charge >= 0.3 is 0 Å². The second-order valence-electron chi connectivity index (χ2n) is 13.7. The molecule has 0 radical (unpaired) electrons. The van der Waals surface area contributed by atoms with Crippen molar-refractivity contribution in [3.8, 4) is 66.8 Å². The first-order chi connectivity index (χ1) is 25.8. The second-order valence-corrected chi connectivity index (χ2v) is 13.7. The molecule has 52 heavy (non-hydrogen) atoms. The average Bonchev–Trinajstić information content (AvgIpc) is 3.23. The summed E-state index contributed by atoms with van der Waals surface area (Å²) in [5.74, 6) is 0. The Labute approximate surface area is 304 Å². The molecule has 0 aliphatic carbocycles. The Kier molecular flexibility index (Phi) is 7.25. The van der Waals surface area contributed by atoms with Crippen LogP contribution in [-0.2, 0) is 0 Å². The van der Waals surface area contributed by atoms with E-state index in [0.717, 1.165) is 0 Å². The first-order valence-corrected chi connectivity index (χ1v) is 18.0. The van der Waals surface area contributed by atoms with Gasteiger partial charge in [-0.3, -0.25) is 0 Å². The largest absolute Gasteiger partial charge is 0.0622 e. The summed E-state index contributed by atoms with van der Waals surface area (Å²) in [7, 11) is 0. The monoisotopic (exact) mass is 658 g/mol. The van der Waals surface area contributed by atoms with Crippen molar-refractivity contribution in [3.63, 3.8) is 0 Å². The van der Waals surface area contributed by atoms with Gasteiger partial charge in [0.1, 0.15) is 0 Å². The highest BCUT2D eigenvalue weighted by molar-refractivity contribution is 6.27. The van der Waals surface area contributed by atoms with Crippen molar-refractivity contribution >= 4 is 32.3 Å². The van der Waals surface area contributed by atoms with E-state index >= 15 is 0 Å². The first kappa shape index (κ1) is 30.1. The van der Waals surface area contributed by atoms with Gasteiger partial charge < -0.3 is 0 Å². The van der Waals surface area contributed by atoms with E-state index < -0.39 is 0 Å². The molecule has 0 spiro atoms. The molecule has 0 amide bonds. The van der Waals surface area contributed by atoms with Crippen molar-refractivity contribution in [2.24, 2.45) is 0 Å². The summed E-state index contributed by atoms with van der Waals surface area (Å²) >= 11 is 0. The molecule has 10 aromatic rings. The fourth-order valence-electron chi connectivity index (χ4n) is 8.06. The summed E-state index contributed by atoms with van der Waals surface area (Å²) in [6.07, 6.45) is 0. The number of benzene rings is 10. The van der Waals surface area contributed by atoms with E-state index in [0.29, 0.717) is 0 Å². The molecule has 0 fully saturated rings. The van der Waals surface area contributed by atoms with E-state index in [4.69, 9.17) is 0 Å². The lowest BCUT2D eigenvalue weighted by Gasteiger charge is -2.18. The quantitative estimate of drug-likeness (QED) is 0.156. The predicted molar refractivity (Wildman–Crippen MR) is 223 cm³/mol. The maximum absolute atomic E-state index is 2.36. The van der Waals surface area contributed by atoms with Crippen LogP contribution in [0.4, 0.5) is 0 Å². The molecule has 10 rings (SSSR count). The number of hydrogen-bond acceptors (Lipinski definition) is 0. The molecular formula is C52H34. The van der Waals surface area contributed by atoms with Crippen LogP contribution in [0.5, 0.6) is 0 Å². The van der Waals surface area contributed by atoms with Crippen LogP contribution >= 0.6 is 0 Å². The Hall–Kier alpha value is -6.76. The highest BCUT2D eigenvalue weighted by Gasteiger charge is 2.17. The standard InChI is InChI=1S/C52H34/c1-5-13-35(14-6-1)41-29-42(36-15-7-2-8-16-36)32-45(31-41)47-25-21-39-24-28-50-48(26-22-40-23-27-49(47)51(39)52(40)50)46-33-43(37-17-9-3-10-18-37)30-44(34-46)38-19-11-4-12-20-38/h1-34H. The highest BCUT2D eigenvalue weighted by atomic mass is 14.2. The summed E-state index contributed by atoms with van der Waals surface area (Å²) < 4.78 is 0. The van der Waals surface area contributed by atoms with Crippen LogP contribution in [0, 0.1) is 0 Å². The molecule has 0 aromatic heterocycles. The molecule has 0 unspecified atom stereocenters. The minimum atomic E-state index is 1.22. The van der Waals surface area contributed by atoms with Crippen LogP contribution in [0.3, 0.4) is 0 Å². The van der Waals surface area contributed by atoms with Crippen LogP contribution in [0.15, 0.2) is 206 Å². The SMILES string of the molecule is c1ccc(-c2cc(-c3ccccc3)cc(-c3ccc4ccc5c(-c6cc(-c7ccccc7)cc(-c7ccccc7)c6)ccc6ccc3c4c65)c2)cc1. The van der Waals surface area contributed by atoms with E-state index in [2.05, 4.69) is 206 Å². The molecule has 0 saturated carbocycles. The second kappa shape index (κ2) is 12.5. The highest BCUT2D eigenvalue weighted by Crippen LogP contribution is 2.44. The van der Waals surface area contributed by atoms with E-state index in [1.54, 1.807) is 0 Å². The Morgan fingerprint density at radius 1 is 0.192 bits per heavy atom. The van der Waals surface area contributed by atoms with E-state index in [1.165, 1.54) is 99.1 Å². The molecule has 0 saturated heterocycles. The Bertz CT molecular complexity index is 2540. The molecule has 0 heteroatoms. The van der Waals surface area contributed by atoms with Crippen molar-refractivity contribution in [2.75, 3.05) is 0 Å². The third-order valence-corrected chi connectivity index (χ3v) is 10.6. The van der Waals surface area contributed by atoms with Crippen molar-refractivity contribution in [1.29, 1.82) is 0 Å². The predicted octanol–water partition coefficient (Wildman–Crippen LogP) is 14.6. The van der Waals surface area contributed by atoms with Crippen molar-refractivity contribution in [2.45, 2.75) is 0 Å². The summed E-state index contributed by atoms with van der Waals surface area (Å²) in [6, 6.07) is 75.6. The van der Waals surface area contributed by atoms with Gasteiger partial charge in [-0.2, -0.15) is 0 Å². The maximum atomic E-state index is 2.36. The van der Waals surface area contributed by atoms with E-state index in [-0.39, 0.29) is 0 Å². The summed E-state index contributed by atoms with van der Waals surface area (Å²) in [5, 5.41) is 7.73. The van der Waals surface area contributed by atoms with Gasteiger partial charge in [0.25, 0.3) is 0 Å². The first-order valence-electron chi connectivity index (χ1n) is 18.0. The van der Waals surface area contributed by atoms with E-state index in [1.807, 2.05) is 0 Å². The molecule has 0 nitrogen and oxygen atoms in total. The lowest BCUT2D eigenvalue weighted by atomic mass is 9.85. The Balaban J connectivity index is 1.20. The van der Waals surface area contributed by atoms with Gasteiger partial charge in [0.15, 0.2) is 0 Å². The molecule has 0 aliphatic rings. The van der Waals surface area contributed by atoms with Crippen LogP contribution < -0.4 is 0 Å². The molecule has 0 heterocycles. The zero-order valence-corrected chi connectivity index (χ0v) is 28.6. The van der Waals surface area contributed by atoms with Gasteiger partial charge in [0.05, 0.1) is 0 Å².